The van der Waals surface area contributed by atoms with Gasteiger partial charge in [0.1, 0.15) is 5.82 Å². The number of nitrogens with zero attached hydrogens (tertiary/aromatic N) is 2. The van der Waals surface area contributed by atoms with E-state index in [0.717, 1.165) is 43.1 Å². The number of hydrogen-bond acceptors (Lipinski definition) is 3. The highest BCUT2D eigenvalue weighted by molar-refractivity contribution is 5.24. The summed E-state index contributed by atoms with van der Waals surface area (Å²) in [7, 11) is 0. The Morgan fingerprint density at radius 1 is 1.07 bits per heavy atom. The maximum absolute atomic E-state index is 4.40. The van der Waals surface area contributed by atoms with Crippen LogP contribution in [0.4, 0.5) is 0 Å². The van der Waals surface area contributed by atoms with Crippen molar-refractivity contribution in [3.63, 3.8) is 0 Å². The molecule has 0 bridgehead atoms. The molecule has 0 fully saturated rings. The third-order valence-corrected chi connectivity index (χ3v) is 2.56. The first-order valence-corrected chi connectivity index (χ1v) is 5.66. The van der Waals surface area contributed by atoms with E-state index in [2.05, 4.69) is 36.1 Å². The fourth-order valence-electron chi connectivity index (χ4n) is 1.84. The molecule has 1 aromatic rings. The number of aromatic nitrogens is 2. The van der Waals surface area contributed by atoms with E-state index in [-0.39, 0.29) is 0 Å². The van der Waals surface area contributed by atoms with Gasteiger partial charge in [-0.25, -0.2) is 9.97 Å². The van der Waals surface area contributed by atoms with Crippen LogP contribution in [0.25, 0.3) is 0 Å². The van der Waals surface area contributed by atoms with E-state index < -0.39 is 0 Å². The van der Waals surface area contributed by atoms with Gasteiger partial charge in [0.2, 0.25) is 0 Å². The molecular weight excluding hydrogens is 186 g/mol. The van der Waals surface area contributed by atoms with Crippen LogP contribution in [0.2, 0.25) is 0 Å². The number of nitrogens with one attached hydrogen (secondary N) is 1. The van der Waals surface area contributed by atoms with E-state index in [1.807, 2.05) is 6.92 Å². The molecule has 1 rings (SSSR count). The highest BCUT2D eigenvalue weighted by atomic mass is 14.9. The monoisotopic (exact) mass is 207 g/mol. The summed E-state index contributed by atoms with van der Waals surface area (Å²) >= 11 is 0. The molecule has 0 saturated heterocycles. The van der Waals surface area contributed by atoms with Crippen molar-refractivity contribution in [2.45, 2.75) is 40.5 Å². The third-order valence-electron chi connectivity index (χ3n) is 2.56. The van der Waals surface area contributed by atoms with Crippen LogP contribution in [-0.2, 0) is 6.42 Å². The summed E-state index contributed by atoms with van der Waals surface area (Å²) in [4.78, 5) is 8.80. The molecular formula is C12H21N3. The predicted molar refractivity (Wildman–Crippen MR) is 63.1 cm³/mol. The quantitative estimate of drug-likeness (QED) is 0.750. The average Bonchev–Trinajstić information content (AvgIpc) is 2.15. The van der Waals surface area contributed by atoms with Crippen LogP contribution < -0.4 is 5.32 Å². The highest BCUT2D eigenvalue weighted by Gasteiger charge is 2.05. The zero-order valence-electron chi connectivity index (χ0n) is 10.2. The molecule has 84 valence electrons. The Morgan fingerprint density at radius 2 is 1.67 bits per heavy atom. The standard InChI is InChI=1S/C12H21N3/c1-5-13-8-6-7-12-9(2)14-11(4)15-10(12)3/h13H,5-8H2,1-4H3. The van der Waals surface area contributed by atoms with E-state index in [9.17, 15) is 0 Å². The lowest BCUT2D eigenvalue weighted by Crippen LogP contribution is -2.15. The molecule has 1 aromatic heterocycles. The van der Waals surface area contributed by atoms with Gasteiger partial charge in [0.05, 0.1) is 0 Å². The fraction of sp³-hybridized carbons (Fsp3) is 0.667. The molecule has 1 heterocycles. The van der Waals surface area contributed by atoms with Gasteiger partial charge >= 0.3 is 0 Å². The SMILES string of the molecule is CCNCCCc1c(C)nc(C)nc1C. The van der Waals surface area contributed by atoms with Crippen molar-refractivity contribution < 1.29 is 0 Å². The zero-order chi connectivity index (χ0) is 11.3. The summed E-state index contributed by atoms with van der Waals surface area (Å²) < 4.78 is 0. The molecule has 0 unspecified atom stereocenters. The topological polar surface area (TPSA) is 37.8 Å². The normalized spacial score (nSPS) is 10.7. The second-order valence-electron chi connectivity index (χ2n) is 3.88. The maximum atomic E-state index is 4.40. The smallest absolute Gasteiger partial charge is 0.125 e. The number of aryl methyl sites for hydroxylation is 3. The predicted octanol–water partition coefficient (Wildman–Crippen LogP) is 1.94. The molecule has 15 heavy (non-hydrogen) atoms. The first-order chi connectivity index (χ1) is 7.15. The molecule has 3 heteroatoms. The minimum atomic E-state index is 0.875. The summed E-state index contributed by atoms with van der Waals surface area (Å²) in [5.74, 6) is 0.875. The molecule has 0 aliphatic heterocycles. The van der Waals surface area contributed by atoms with Crippen molar-refractivity contribution in [2.75, 3.05) is 13.1 Å². The summed E-state index contributed by atoms with van der Waals surface area (Å²) in [5.41, 5.74) is 3.59. The van der Waals surface area contributed by atoms with Crippen LogP contribution in [0.3, 0.4) is 0 Å². The summed E-state index contributed by atoms with van der Waals surface area (Å²) in [5, 5.41) is 3.33. The van der Waals surface area contributed by atoms with Gasteiger partial charge in [0.25, 0.3) is 0 Å². The lowest BCUT2D eigenvalue weighted by molar-refractivity contribution is 0.666. The van der Waals surface area contributed by atoms with Gasteiger partial charge < -0.3 is 5.32 Å². The Labute approximate surface area is 92.3 Å². The number of hydrogen-bond donors (Lipinski definition) is 1. The molecule has 0 saturated carbocycles. The first-order valence-electron chi connectivity index (χ1n) is 5.66. The maximum Gasteiger partial charge on any atom is 0.125 e. The van der Waals surface area contributed by atoms with E-state index in [4.69, 9.17) is 0 Å². The zero-order valence-corrected chi connectivity index (χ0v) is 10.2. The first kappa shape index (κ1) is 12.1. The Hall–Kier alpha value is -0.960. The highest BCUT2D eigenvalue weighted by Crippen LogP contribution is 2.11. The molecule has 1 N–H and O–H groups in total. The lowest BCUT2D eigenvalue weighted by Gasteiger charge is -2.09. The van der Waals surface area contributed by atoms with Crippen molar-refractivity contribution in [2.24, 2.45) is 0 Å². The Balaban J connectivity index is 2.60. The van der Waals surface area contributed by atoms with Crippen LogP contribution in [0, 0.1) is 20.8 Å². The number of rotatable bonds is 5. The van der Waals surface area contributed by atoms with Crippen LogP contribution in [0.5, 0.6) is 0 Å². The molecule has 0 spiro atoms. The average molecular weight is 207 g/mol. The summed E-state index contributed by atoms with van der Waals surface area (Å²) in [6.07, 6.45) is 2.23. The van der Waals surface area contributed by atoms with E-state index >= 15 is 0 Å². The van der Waals surface area contributed by atoms with Gasteiger partial charge in [-0.3, -0.25) is 0 Å². The van der Waals surface area contributed by atoms with Crippen LogP contribution >= 0.6 is 0 Å². The van der Waals surface area contributed by atoms with Crippen LogP contribution in [0.15, 0.2) is 0 Å². The Morgan fingerprint density at radius 3 is 2.20 bits per heavy atom. The van der Waals surface area contributed by atoms with Gasteiger partial charge in [-0.2, -0.15) is 0 Å². The minimum absolute atomic E-state index is 0.875. The van der Waals surface area contributed by atoms with E-state index in [1.165, 1.54) is 5.56 Å². The molecule has 0 aromatic carbocycles. The summed E-state index contributed by atoms with van der Waals surface area (Å²) in [6, 6.07) is 0. The molecule has 0 radical (unpaired) electrons. The Kier molecular flexibility index (Phi) is 4.69. The molecule has 0 aliphatic rings. The van der Waals surface area contributed by atoms with Crippen LogP contribution in [-0.4, -0.2) is 23.1 Å². The van der Waals surface area contributed by atoms with Gasteiger partial charge in [0, 0.05) is 11.4 Å². The van der Waals surface area contributed by atoms with Gasteiger partial charge in [0.15, 0.2) is 0 Å². The second-order valence-corrected chi connectivity index (χ2v) is 3.88. The van der Waals surface area contributed by atoms with Crippen molar-refractivity contribution in [1.82, 2.24) is 15.3 Å². The minimum Gasteiger partial charge on any atom is -0.317 e. The largest absolute Gasteiger partial charge is 0.317 e. The molecule has 0 aliphatic carbocycles. The van der Waals surface area contributed by atoms with Crippen molar-refractivity contribution in [1.29, 1.82) is 0 Å². The van der Waals surface area contributed by atoms with Gasteiger partial charge in [-0.1, -0.05) is 6.92 Å². The van der Waals surface area contributed by atoms with Crippen molar-refractivity contribution in [3.05, 3.63) is 22.8 Å². The van der Waals surface area contributed by atoms with Crippen LogP contribution in [0.1, 0.15) is 36.1 Å². The Bertz CT molecular complexity index is 298. The fourth-order valence-corrected chi connectivity index (χ4v) is 1.84. The van der Waals surface area contributed by atoms with E-state index in [0.29, 0.717) is 0 Å². The van der Waals surface area contributed by atoms with Gasteiger partial charge in [-0.05, 0) is 52.3 Å². The van der Waals surface area contributed by atoms with Gasteiger partial charge in [-0.15, -0.1) is 0 Å². The van der Waals surface area contributed by atoms with Crippen molar-refractivity contribution >= 4 is 0 Å². The molecule has 3 nitrogen and oxygen atoms in total. The summed E-state index contributed by atoms with van der Waals surface area (Å²) in [6.45, 7) is 10.3. The van der Waals surface area contributed by atoms with E-state index in [1.54, 1.807) is 0 Å². The molecule has 0 atom stereocenters. The molecule has 0 amide bonds. The third kappa shape index (κ3) is 3.59. The van der Waals surface area contributed by atoms with Crippen molar-refractivity contribution in [3.8, 4) is 0 Å². The lowest BCUT2D eigenvalue weighted by atomic mass is 10.1. The second kappa shape index (κ2) is 5.81.